The van der Waals surface area contributed by atoms with Crippen molar-refractivity contribution in [2.45, 2.75) is 6.42 Å². The Hall–Kier alpha value is -4.73. The van der Waals surface area contributed by atoms with Gasteiger partial charge in [0, 0.05) is 55.7 Å². The molecule has 1 saturated heterocycles. The number of imidazole rings is 1. The maximum atomic E-state index is 13.0. The molecule has 1 aliphatic rings. The first-order valence-electron chi connectivity index (χ1n) is 13.8. The van der Waals surface area contributed by atoms with Crippen LogP contribution in [-0.2, 0) is 6.42 Å². The lowest BCUT2D eigenvalue weighted by molar-refractivity contribution is 0.102. The van der Waals surface area contributed by atoms with Crippen LogP contribution in [-0.4, -0.2) is 75.5 Å². The normalized spacial score (nSPS) is 14.4. The number of piperazine rings is 1. The fourth-order valence-electron chi connectivity index (χ4n) is 5.18. The van der Waals surface area contributed by atoms with Crippen molar-refractivity contribution < 1.29 is 9.90 Å². The number of nitrogens with zero attached hydrogens (tertiary/aromatic N) is 3. The number of aromatic amines is 2. The van der Waals surface area contributed by atoms with Crippen LogP contribution >= 0.6 is 0 Å². The highest BCUT2D eigenvalue weighted by Gasteiger charge is 2.17. The summed E-state index contributed by atoms with van der Waals surface area (Å²) in [6.45, 7) is 5.48. The van der Waals surface area contributed by atoms with Crippen LogP contribution < -0.4 is 10.9 Å². The average Bonchev–Trinajstić information content (AvgIpc) is 3.41. The van der Waals surface area contributed by atoms with E-state index in [9.17, 15) is 14.7 Å². The average molecular weight is 549 g/mol. The maximum Gasteiger partial charge on any atom is 0.255 e. The number of hydrogen-bond donors (Lipinski definition) is 4. The Morgan fingerprint density at radius 2 is 1.71 bits per heavy atom. The van der Waals surface area contributed by atoms with Crippen molar-refractivity contribution in [1.29, 1.82) is 0 Å². The van der Waals surface area contributed by atoms with Crippen LogP contribution in [0.3, 0.4) is 0 Å². The molecule has 6 rings (SSSR count). The Kier molecular flexibility index (Phi) is 7.37. The zero-order valence-corrected chi connectivity index (χ0v) is 22.9. The third-order valence-electron chi connectivity index (χ3n) is 7.67. The van der Waals surface area contributed by atoms with E-state index in [1.807, 2.05) is 12.1 Å². The number of amides is 1. The lowest BCUT2D eigenvalue weighted by atomic mass is 10.0. The molecule has 9 heteroatoms. The predicted octanol–water partition coefficient (Wildman–Crippen LogP) is 4.33. The zero-order chi connectivity index (χ0) is 28.3. The number of aromatic hydroxyl groups is 1. The van der Waals surface area contributed by atoms with E-state index in [0.717, 1.165) is 44.8 Å². The molecule has 3 heterocycles. The molecule has 0 atom stereocenters. The minimum Gasteiger partial charge on any atom is -0.507 e. The van der Waals surface area contributed by atoms with E-state index in [4.69, 9.17) is 0 Å². The van der Waals surface area contributed by atoms with Gasteiger partial charge >= 0.3 is 0 Å². The Labute approximate surface area is 237 Å². The molecule has 0 spiro atoms. The molecule has 4 N–H and O–H groups in total. The first-order valence-corrected chi connectivity index (χ1v) is 13.8. The van der Waals surface area contributed by atoms with E-state index >= 15 is 0 Å². The highest BCUT2D eigenvalue weighted by atomic mass is 16.3. The van der Waals surface area contributed by atoms with Crippen molar-refractivity contribution in [3.8, 4) is 28.3 Å². The molecule has 1 fully saturated rings. The number of para-hydroxylation sites is 1. The first-order chi connectivity index (χ1) is 19.9. The Bertz CT molecular complexity index is 1750. The molecule has 208 valence electrons. The summed E-state index contributed by atoms with van der Waals surface area (Å²) in [5, 5.41) is 14.0. The summed E-state index contributed by atoms with van der Waals surface area (Å²) in [6.07, 6.45) is 2.53. The fourth-order valence-corrected chi connectivity index (χ4v) is 5.18. The van der Waals surface area contributed by atoms with E-state index in [2.05, 4.69) is 49.2 Å². The highest BCUT2D eigenvalue weighted by molar-refractivity contribution is 6.06. The van der Waals surface area contributed by atoms with Crippen LogP contribution in [0.1, 0.15) is 15.9 Å². The van der Waals surface area contributed by atoms with E-state index in [1.54, 1.807) is 54.7 Å². The molecule has 0 aliphatic carbocycles. The minimum absolute atomic E-state index is 0.0480. The van der Waals surface area contributed by atoms with Gasteiger partial charge in [-0.3, -0.25) is 9.59 Å². The molecular formula is C32H32N6O3. The standard InChI is InChI=1S/C32H32N6O3/c1-37-16-18-38(19-17-37)15-13-21-7-10-23(11-8-21)34-31(40)22-9-12-27-28(20-22)36-30(35-27)26-5-2-4-24(29(26)39)25-6-3-14-33-32(25)41/h2-12,14,20,39H,13,15-19H2,1H3,(H,33,41)(H,34,40)(H,35,36). The molecule has 1 aliphatic heterocycles. The summed E-state index contributed by atoms with van der Waals surface area (Å²) in [4.78, 5) is 40.6. The number of carbonyl (C=O) groups excluding carboxylic acids is 1. The number of fused-ring (bicyclic) bond motifs is 1. The molecule has 0 unspecified atom stereocenters. The third-order valence-corrected chi connectivity index (χ3v) is 7.67. The third kappa shape index (κ3) is 5.77. The summed E-state index contributed by atoms with van der Waals surface area (Å²) in [5.41, 5.74) is 4.74. The number of hydrogen-bond acceptors (Lipinski definition) is 6. The largest absolute Gasteiger partial charge is 0.507 e. The molecule has 3 aromatic carbocycles. The van der Waals surface area contributed by atoms with Crippen LogP contribution in [0.4, 0.5) is 5.69 Å². The van der Waals surface area contributed by atoms with Gasteiger partial charge in [0.2, 0.25) is 0 Å². The minimum atomic E-state index is -0.291. The molecule has 41 heavy (non-hydrogen) atoms. The number of rotatable bonds is 7. The summed E-state index contributed by atoms with van der Waals surface area (Å²) in [6, 6.07) is 21.8. The molecule has 0 bridgehead atoms. The van der Waals surface area contributed by atoms with Gasteiger partial charge in [0.25, 0.3) is 11.5 Å². The van der Waals surface area contributed by atoms with Crippen LogP contribution in [0.2, 0.25) is 0 Å². The summed E-state index contributed by atoms with van der Waals surface area (Å²) < 4.78 is 0. The number of phenols is 1. The van der Waals surface area contributed by atoms with E-state index < -0.39 is 0 Å². The Morgan fingerprint density at radius 3 is 2.49 bits per heavy atom. The quantitative estimate of drug-likeness (QED) is 0.241. The number of likely N-dealkylation sites (N-methyl/N-ethyl adjacent to an activating group) is 1. The van der Waals surface area contributed by atoms with Gasteiger partial charge in [0.1, 0.15) is 11.6 Å². The highest BCUT2D eigenvalue weighted by Crippen LogP contribution is 2.36. The van der Waals surface area contributed by atoms with Gasteiger partial charge in [-0.15, -0.1) is 0 Å². The number of benzene rings is 3. The van der Waals surface area contributed by atoms with Crippen LogP contribution in [0.25, 0.3) is 33.5 Å². The van der Waals surface area contributed by atoms with Crippen molar-refractivity contribution in [2.75, 3.05) is 45.1 Å². The maximum absolute atomic E-state index is 13.0. The van der Waals surface area contributed by atoms with Crippen molar-refractivity contribution >= 4 is 22.6 Å². The number of nitrogens with one attached hydrogen (secondary N) is 3. The van der Waals surface area contributed by atoms with E-state index in [0.29, 0.717) is 39.1 Å². The summed E-state index contributed by atoms with van der Waals surface area (Å²) >= 11 is 0. The molecular weight excluding hydrogens is 516 g/mol. The lowest BCUT2D eigenvalue weighted by Crippen LogP contribution is -2.45. The number of pyridine rings is 1. The van der Waals surface area contributed by atoms with Gasteiger partial charge in [0.05, 0.1) is 22.2 Å². The molecule has 0 radical (unpaired) electrons. The number of carbonyl (C=O) groups is 1. The second kappa shape index (κ2) is 11.4. The second-order valence-electron chi connectivity index (χ2n) is 10.5. The topological polar surface area (TPSA) is 117 Å². The summed E-state index contributed by atoms with van der Waals surface area (Å²) in [7, 11) is 2.16. The molecule has 9 nitrogen and oxygen atoms in total. The fraction of sp³-hybridized carbons (Fsp3) is 0.219. The van der Waals surface area contributed by atoms with Gasteiger partial charge in [0.15, 0.2) is 0 Å². The van der Waals surface area contributed by atoms with E-state index in [1.165, 1.54) is 5.56 Å². The van der Waals surface area contributed by atoms with Crippen molar-refractivity contribution in [2.24, 2.45) is 0 Å². The smallest absolute Gasteiger partial charge is 0.255 e. The summed E-state index contributed by atoms with van der Waals surface area (Å²) in [5.74, 6) is 0.172. The molecule has 0 saturated carbocycles. The second-order valence-corrected chi connectivity index (χ2v) is 10.5. The van der Waals surface area contributed by atoms with Gasteiger partial charge < -0.3 is 30.2 Å². The van der Waals surface area contributed by atoms with Gasteiger partial charge in [-0.25, -0.2) is 4.98 Å². The Balaban J connectivity index is 1.15. The van der Waals surface area contributed by atoms with Gasteiger partial charge in [-0.1, -0.05) is 24.3 Å². The number of phenolic OH excluding ortho intramolecular Hbond substituents is 1. The number of anilines is 1. The molecule has 2 aromatic heterocycles. The van der Waals surface area contributed by atoms with Crippen molar-refractivity contribution in [1.82, 2.24) is 24.8 Å². The zero-order valence-electron chi connectivity index (χ0n) is 22.9. The van der Waals surface area contributed by atoms with Crippen molar-refractivity contribution in [3.63, 3.8) is 0 Å². The van der Waals surface area contributed by atoms with Gasteiger partial charge in [-0.2, -0.15) is 0 Å². The van der Waals surface area contributed by atoms with Gasteiger partial charge in [-0.05, 0) is 67.6 Å². The first kappa shape index (κ1) is 26.5. The molecule has 1 amide bonds. The Morgan fingerprint density at radius 1 is 0.951 bits per heavy atom. The predicted molar refractivity (Wildman–Crippen MR) is 161 cm³/mol. The van der Waals surface area contributed by atoms with Crippen LogP contribution in [0, 0.1) is 0 Å². The van der Waals surface area contributed by atoms with Crippen molar-refractivity contribution in [3.05, 3.63) is 100 Å². The van der Waals surface area contributed by atoms with Crippen LogP contribution in [0.5, 0.6) is 5.75 Å². The monoisotopic (exact) mass is 548 g/mol. The lowest BCUT2D eigenvalue weighted by Gasteiger charge is -2.32. The van der Waals surface area contributed by atoms with E-state index in [-0.39, 0.29) is 17.2 Å². The molecule has 5 aromatic rings. The SMILES string of the molecule is CN1CCN(CCc2ccc(NC(=O)c3ccc4nc(-c5cccc(-c6ccc[nH]c6=O)c5O)[nH]c4c3)cc2)CC1. The number of H-pyrrole nitrogens is 2. The number of aromatic nitrogens is 3. The van der Waals surface area contributed by atoms with Crippen LogP contribution in [0.15, 0.2) is 83.8 Å².